The van der Waals surface area contributed by atoms with Crippen LogP contribution in [0.2, 0.25) is 0 Å². The predicted molar refractivity (Wildman–Crippen MR) is 71.5 cm³/mol. The first-order valence-corrected chi connectivity index (χ1v) is 6.79. The van der Waals surface area contributed by atoms with E-state index in [4.69, 9.17) is 31.8 Å². The molecule has 0 saturated heterocycles. The van der Waals surface area contributed by atoms with Gasteiger partial charge >= 0.3 is 0 Å². The molecule has 1 fully saturated rings. The Morgan fingerprint density at radius 1 is 1.14 bits per heavy atom. The second-order valence-electron chi connectivity index (χ2n) is 5.49. The highest BCUT2D eigenvalue weighted by molar-refractivity contribution is 5.07. The van der Waals surface area contributed by atoms with Crippen LogP contribution in [-0.2, 0) is 9.47 Å². The van der Waals surface area contributed by atoms with E-state index in [1.807, 2.05) is 0 Å². The van der Waals surface area contributed by atoms with Gasteiger partial charge < -0.3 is 47.1 Å². The summed E-state index contributed by atoms with van der Waals surface area (Å²) < 4.78 is 10.8. The molecule has 0 aromatic rings. The molecule has 1 saturated carbocycles. The SMILES string of the molecule is NC1CC(N)C(OC2OC(CO)=C[C@@H](O)C2N)C(O)C1O. The zero-order chi connectivity index (χ0) is 15.7. The van der Waals surface area contributed by atoms with Crippen molar-refractivity contribution in [3.8, 4) is 0 Å². The normalized spacial score (nSPS) is 47.7. The largest absolute Gasteiger partial charge is 0.465 e. The van der Waals surface area contributed by atoms with E-state index >= 15 is 0 Å². The second-order valence-corrected chi connectivity index (χ2v) is 5.49. The Bertz CT molecular complexity index is 395. The summed E-state index contributed by atoms with van der Waals surface area (Å²) in [5, 5.41) is 38.7. The van der Waals surface area contributed by atoms with Crippen LogP contribution in [0.15, 0.2) is 11.8 Å². The van der Waals surface area contributed by atoms with E-state index in [2.05, 4.69) is 0 Å². The van der Waals surface area contributed by atoms with Crippen molar-refractivity contribution in [3.05, 3.63) is 11.8 Å². The summed E-state index contributed by atoms with van der Waals surface area (Å²) in [6.07, 6.45) is -4.02. The van der Waals surface area contributed by atoms with E-state index < -0.39 is 55.4 Å². The monoisotopic (exact) mass is 305 g/mol. The first-order valence-electron chi connectivity index (χ1n) is 6.79. The number of nitrogens with two attached hydrogens (primary N) is 3. The third-order valence-corrected chi connectivity index (χ3v) is 3.87. The number of ether oxygens (including phenoxy) is 2. The van der Waals surface area contributed by atoms with Crippen LogP contribution < -0.4 is 17.2 Å². The summed E-state index contributed by atoms with van der Waals surface area (Å²) in [6.45, 7) is -0.420. The summed E-state index contributed by atoms with van der Waals surface area (Å²) in [7, 11) is 0. The van der Waals surface area contributed by atoms with Gasteiger partial charge in [0.2, 0.25) is 6.29 Å². The molecule has 9 heteroatoms. The maximum Gasteiger partial charge on any atom is 0.218 e. The van der Waals surface area contributed by atoms with Crippen molar-refractivity contribution < 1.29 is 29.9 Å². The van der Waals surface area contributed by atoms with Gasteiger partial charge in [-0.2, -0.15) is 0 Å². The minimum absolute atomic E-state index is 0.116. The average Bonchev–Trinajstić information content (AvgIpc) is 2.45. The Labute approximate surface area is 121 Å². The van der Waals surface area contributed by atoms with Gasteiger partial charge in [-0.25, -0.2) is 0 Å². The highest BCUT2D eigenvalue weighted by Crippen LogP contribution is 2.25. The number of aliphatic hydroxyl groups excluding tert-OH is 4. The zero-order valence-electron chi connectivity index (χ0n) is 11.4. The molecule has 0 spiro atoms. The van der Waals surface area contributed by atoms with Crippen LogP contribution in [0.5, 0.6) is 0 Å². The van der Waals surface area contributed by atoms with Gasteiger partial charge in [-0.1, -0.05) is 0 Å². The van der Waals surface area contributed by atoms with Gasteiger partial charge in [0.25, 0.3) is 0 Å². The molecule has 8 atom stereocenters. The standard InChI is InChI=1S/C12H23N3O6/c13-5-2-6(14)11(10(19)9(5)18)21-12-8(15)7(17)1-4(3-16)20-12/h1,5-12,16-19H,2-3,13-15H2/t5?,6?,7-,8?,9?,10?,11?,12?/m1/s1. The molecule has 9 nitrogen and oxygen atoms in total. The van der Waals surface area contributed by atoms with Crippen LogP contribution in [0.25, 0.3) is 0 Å². The van der Waals surface area contributed by atoms with Crippen molar-refractivity contribution >= 4 is 0 Å². The zero-order valence-corrected chi connectivity index (χ0v) is 11.4. The fourth-order valence-corrected chi connectivity index (χ4v) is 2.56. The van der Waals surface area contributed by atoms with Crippen molar-refractivity contribution in [1.29, 1.82) is 0 Å². The molecule has 1 aliphatic carbocycles. The van der Waals surface area contributed by atoms with Crippen LogP contribution in [0.1, 0.15) is 6.42 Å². The number of hydrogen-bond donors (Lipinski definition) is 7. The maximum absolute atomic E-state index is 10.0. The molecule has 21 heavy (non-hydrogen) atoms. The molecule has 0 amide bonds. The topological polar surface area (TPSA) is 177 Å². The van der Waals surface area contributed by atoms with Crippen LogP contribution in [0, 0.1) is 0 Å². The van der Waals surface area contributed by atoms with E-state index in [9.17, 15) is 15.3 Å². The number of rotatable bonds is 3. The molecular weight excluding hydrogens is 282 g/mol. The van der Waals surface area contributed by atoms with Crippen molar-refractivity contribution in [2.24, 2.45) is 17.2 Å². The third kappa shape index (κ3) is 3.35. The van der Waals surface area contributed by atoms with Crippen molar-refractivity contribution in [2.75, 3.05) is 6.61 Å². The van der Waals surface area contributed by atoms with Crippen LogP contribution in [0.4, 0.5) is 0 Å². The Morgan fingerprint density at radius 3 is 2.43 bits per heavy atom. The Morgan fingerprint density at radius 2 is 1.81 bits per heavy atom. The fourth-order valence-electron chi connectivity index (χ4n) is 2.56. The lowest BCUT2D eigenvalue weighted by Crippen LogP contribution is -2.64. The van der Waals surface area contributed by atoms with E-state index in [1.54, 1.807) is 0 Å². The first kappa shape index (κ1) is 16.6. The Hall–Kier alpha value is -0.780. The van der Waals surface area contributed by atoms with Gasteiger partial charge in [-0.15, -0.1) is 0 Å². The molecule has 1 aliphatic heterocycles. The summed E-state index contributed by atoms with van der Waals surface area (Å²) in [6, 6.07) is -2.17. The molecule has 122 valence electrons. The van der Waals surface area contributed by atoms with Crippen molar-refractivity contribution in [2.45, 2.75) is 55.3 Å². The fraction of sp³-hybridized carbons (Fsp3) is 0.833. The van der Waals surface area contributed by atoms with Gasteiger partial charge in [-0.05, 0) is 12.5 Å². The van der Waals surface area contributed by atoms with E-state index in [0.29, 0.717) is 0 Å². The highest BCUT2D eigenvalue weighted by Gasteiger charge is 2.44. The lowest BCUT2D eigenvalue weighted by molar-refractivity contribution is -0.226. The third-order valence-electron chi connectivity index (χ3n) is 3.87. The minimum atomic E-state index is -1.29. The molecule has 0 aromatic heterocycles. The summed E-state index contributed by atoms with van der Waals surface area (Å²) in [4.78, 5) is 0. The molecular formula is C12H23N3O6. The maximum atomic E-state index is 10.0. The molecule has 10 N–H and O–H groups in total. The van der Waals surface area contributed by atoms with Gasteiger partial charge in [0.15, 0.2) is 0 Å². The Kier molecular flexibility index (Phi) is 5.17. The summed E-state index contributed by atoms with van der Waals surface area (Å²) in [5.74, 6) is 0.116. The number of aliphatic hydroxyl groups is 4. The van der Waals surface area contributed by atoms with Crippen molar-refractivity contribution in [1.82, 2.24) is 0 Å². The lowest BCUT2D eigenvalue weighted by atomic mass is 9.84. The molecule has 2 rings (SSSR count). The predicted octanol–water partition coefficient (Wildman–Crippen LogP) is -3.93. The smallest absolute Gasteiger partial charge is 0.218 e. The highest BCUT2D eigenvalue weighted by atomic mass is 16.7. The van der Waals surface area contributed by atoms with Gasteiger partial charge in [0, 0.05) is 12.1 Å². The van der Waals surface area contributed by atoms with Gasteiger partial charge in [-0.3, -0.25) is 0 Å². The van der Waals surface area contributed by atoms with Crippen LogP contribution >= 0.6 is 0 Å². The van der Waals surface area contributed by atoms with Crippen molar-refractivity contribution in [3.63, 3.8) is 0 Å². The van der Waals surface area contributed by atoms with Crippen LogP contribution in [0.3, 0.4) is 0 Å². The summed E-state index contributed by atoms with van der Waals surface area (Å²) in [5.41, 5.74) is 17.3. The molecule has 0 radical (unpaired) electrons. The number of hydrogen-bond acceptors (Lipinski definition) is 9. The Balaban J connectivity index is 2.08. The second kappa shape index (κ2) is 6.55. The van der Waals surface area contributed by atoms with E-state index in [1.165, 1.54) is 6.08 Å². The lowest BCUT2D eigenvalue weighted by Gasteiger charge is -2.43. The minimum Gasteiger partial charge on any atom is -0.465 e. The van der Waals surface area contributed by atoms with Gasteiger partial charge in [0.1, 0.15) is 24.6 Å². The first-order chi connectivity index (χ1) is 9.85. The molecule has 2 aliphatic rings. The van der Waals surface area contributed by atoms with Gasteiger partial charge in [0.05, 0.1) is 18.2 Å². The van der Waals surface area contributed by atoms with E-state index in [0.717, 1.165) is 0 Å². The molecule has 0 bridgehead atoms. The summed E-state index contributed by atoms with van der Waals surface area (Å²) >= 11 is 0. The molecule has 1 heterocycles. The van der Waals surface area contributed by atoms with Crippen LogP contribution in [-0.4, -0.2) is 75.9 Å². The van der Waals surface area contributed by atoms with E-state index in [-0.39, 0.29) is 12.2 Å². The average molecular weight is 305 g/mol. The quantitative estimate of drug-likeness (QED) is 0.274. The molecule has 0 aromatic carbocycles. The molecule has 7 unspecified atom stereocenters.